The van der Waals surface area contributed by atoms with E-state index in [1.54, 1.807) is 12.7 Å². The van der Waals surface area contributed by atoms with Crippen LogP contribution in [-0.4, -0.2) is 75.4 Å². The molecular weight excluding hydrogens is 428 g/mol. The zero-order valence-electron chi connectivity index (χ0n) is 19.4. The monoisotopic (exact) mass is 458 g/mol. The number of aryl methyl sites for hydroxylation is 1. The Morgan fingerprint density at radius 1 is 1.06 bits per heavy atom. The van der Waals surface area contributed by atoms with Crippen molar-refractivity contribution in [3.8, 4) is 5.69 Å². The molecule has 0 spiro atoms. The number of hydrogen-bond donors (Lipinski definition) is 1. The number of H-pyrrole nitrogens is 1. The first kappa shape index (κ1) is 22.3. The summed E-state index contributed by atoms with van der Waals surface area (Å²) in [7, 11) is 1.47. The van der Waals surface area contributed by atoms with Crippen molar-refractivity contribution in [1.82, 2.24) is 29.5 Å². The van der Waals surface area contributed by atoms with Gasteiger partial charge in [-0.2, -0.15) is 0 Å². The molecule has 1 aliphatic heterocycles. The van der Waals surface area contributed by atoms with Crippen molar-refractivity contribution in [2.75, 3.05) is 39.8 Å². The van der Waals surface area contributed by atoms with E-state index in [2.05, 4.69) is 49.4 Å². The number of carbonyl (C=O) groups excluding carboxylic acids is 1. The van der Waals surface area contributed by atoms with Crippen LogP contribution in [-0.2, 0) is 16.0 Å². The second-order valence-electron chi connectivity index (χ2n) is 8.73. The Balaban J connectivity index is 1.17. The van der Waals surface area contributed by atoms with Gasteiger partial charge in [-0.3, -0.25) is 9.47 Å². The largest absolute Gasteiger partial charge is 0.468 e. The summed E-state index contributed by atoms with van der Waals surface area (Å²) in [5, 5.41) is 9.07. The van der Waals surface area contributed by atoms with Gasteiger partial charge >= 0.3 is 5.97 Å². The molecule has 2 aromatic heterocycles. The highest BCUT2D eigenvalue weighted by atomic mass is 16.5. The maximum Gasteiger partial charge on any atom is 0.327 e. The SMILES string of the molecule is COC(=O)[C@H](c1ccccc1)N1CCN(CCCc2c[nH]c3ccc(-n4cnnc4)cc23)CC1. The number of nitrogens with zero attached hydrogens (tertiary/aromatic N) is 5. The minimum atomic E-state index is -0.334. The Kier molecular flexibility index (Phi) is 6.69. The summed E-state index contributed by atoms with van der Waals surface area (Å²) in [5.41, 5.74) is 4.54. The topological polar surface area (TPSA) is 79.3 Å². The van der Waals surface area contributed by atoms with Crippen LogP contribution in [0.25, 0.3) is 16.6 Å². The smallest absolute Gasteiger partial charge is 0.327 e. The summed E-state index contributed by atoms with van der Waals surface area (Å²) in [6, 6.07) is 16.0. The van der Waals surface area contributed by atoms with E-state index in [1.807, 2.05) is 34.9 Å². The summed E-state index contributed by atoms with van der Waals surface area (Å²) in [6.45, 7) is 4.64. The van der Waals surface area contributed by atoms with Gasteiger partial charge in [0.15, 0.2) is 0 Å². The number of benzene rings is 2. The number of piperazine rings is 1. The van der Waals surface area contributed by atoms with Crippen molar-refractivity contribution >= 4 is 16.9 Å². The number of ether oxygens (including phenoxy) is 1. The van der Waals surface area contributed by atoms with Gasteiger partial charge in [-0.05, 0) is 48.7 Å². The van der Waals surface area contributed by atoms with Crippen LogP contribution in [0.2, 0.25) is 0 Å². The Labute approximate surface area is 199 Å². The van der Waals surface area contributed by atoms with Crippen LogP contribution in [0.4, 0.5) is 0 Å². The van der Waals surface area contributed by atoms with E-state index in [0.717, 1.165) is 62.3 Å². The first-order valence-electron chi connectivity index (χ1n) is 11.8. The molecule has 1 N–H and O–H groups in total. The van der Waals surface area contributed by atoms with E-state index in [0.29, 0.717) is 0 Å². The number of fused-ring (bicyclic) bond motifs is 1. The number of carbonyl (C=O) groups is 1. The maximum atomic E-state index is 12.5. The van der Waals surface area contributed by atoms with E-state index in [-0.39, 0.29) is 12.0 Å². The molecule has 8 nitrogen and oxygen atoms in total. The average Bonchev–Trinajstić information content (AvgIpc) is 3.56. The summed E-state index contributed by atoms with van der Waals surface area (Å²) in [4.78, 5) is 20.6. The highest BCUT2D eigenvalue weighted by molar-refractivity contribution is 5.85. The molecule has 1 saturated heterocycles. The molecular formula is C26H30N6O2. The molecule has 176 valence electrons. The third-order valence-corrected chi connectivity index (χ3v) is 6.70. The van der Waals surface area contributed by atoms with Crippen molar-refractivity contribution in [1.29, 1.82) is 0 Å². The quantitative estimate of drug-likeness (QED) is 0.409. The molecule has 1 fully saturated rings. The van der Waals surface area contributed by atoms with Gasteiger partial charge in [0.2, 0.25) is 0 Å². The van der Waals surface area contributed by atoms with E-state index in [9.17, 15) is 4.79 Å². The summed E-state index contributed by atoms with van der Waals surface area (Å²) in [6.07, 6.45) is 7.66. The van der Waals surface area contributed by atoms with Gasteiger partial charge in [0.05, 0.1) is 7.11 Å². The van der Waals surface area contributed by atoms with Crippen molar-refractivity contribution in [2.24, 2.45) is 0 Å². The van der Waals surface area contributed by atoms with Gasteiger partial charge in [0.1, 0.15) is 18.7 Å². The van der Waals surface area contributed by atoms with Crippen molar-refractivity contribution < 1.29 is 9.53 Å². The molecule has 3 heterocycles. The molecule has 0 saturated carbocycles. The van der Waals surface area contributed by atoms with Crippen LogP contribution in [0.5, 0.6) is 0 Å². The third-order valence-electron chi connectivity index (χ3n) is 6.70. The molecule has 0 unspecified atom stereocenters. The van der Waals surface area contributed by atoms with Crippen molar-refractivity contribution in [2.45, 2.75) is 18.9 Å². The lowest BCUT2D eigenvalue weighted by molar-refractivity contribution is -0.148. The van der Waals surface area contributed by atoms with Gasteiger partial charge in [-0.1, -0.05) is 30.3 Å². The number of aromatic amines is 1. The molecule has 0 radical (unpaired) electrons. The number of rotatable bonds is 8. The Morgan fingerprint density at radius 3 is 2.56 bits per heavy atom. The van der Waals surface area contributed by atoms with Crippen LogP contribution < -0.4 is 0 Å². The van der Waals surface area contributed by atoms with Crippen LogP contribution in [0.1, 0.15) is 23.6 Å². The summed E-state index contributed by atoms with van der Waals surface area (Å²) < 4.78 is 7.04. The lowest BCUT2D eigenvalue weighted by Gasteiger charge is -2.38. The van der Waals surface area contributed by atoms with Gasteiger partial charge in [0.25, 0.3) is 0 Å². The molecule has 5 rings (SSSR count). The fourth-order valence-corrected chi connectivity index (χ4v) is 4.85. The maximum absolute atomic E-state index is 12.5. The Hall–Kier alpha value is -3.49. The van der Waals surface area contributed by atoms with Crippen molar-refractivity contribution in [3.05, 3.63) is 78.5 Å². The predicted molar refractivity (Wildman–Crippen MR) is 131 cm³/mol. The molecule has 0 amide bonds. The molecule has 0 aliphatic carbocycles. The lowest BCUT2D eigenvalue weighted by Crippen LogP contribution is -2.49. The first-order chi connectivity index (χ1) is 16.7. The van der Waals surface area contributed by atoms with Crippen molar-refractivity contribution in [3.63, 3.8) is 0 Å². The highest BCUT2D eigenvalue weighted by Gasteiger charge is 2.31. The number of esters is 1. The Bertz CT molecular complexity index is 1210. The number of methoxy groups -OCH3 is 1. The molecule has 1 atom stereocenters. The molecule has 34 heavy (non-hydrogen) atoms. The first-order valence-corrected chi connectivity index (χ1v) is 11.8. The van der Waals surface area contributed by atoms with Crippen LogP contribution in [0, 0.1) is 0 Å². The fourth-order valence-electron chi connectivity index (χ4n) is 4.85. The van der Waals surface area contributed by atoms with E-state index in [4.69, 9.17) is 4.74 Å². The van der Waals surface area contributed by atoms with Gasteiger partial charge < -0.3 is 14.6 Å². The van der Waals surface area contributed by atoms with Crippen LogP contribution in [0.15, 0.2) is 67.4 Å². The minimum absolute atomic E-state index is 0.190. The zero-order valence-corrected chi connectivity index (χ0v) is 19.4. The lowest BCUT2D eigenvalue weighted by atomic mass is 10.0. The second kappa shape index (κ2) is 10.2. The summed E-state index contributed by atoms with van der Waals surface area (Å²) >= 11 is 0. The molecule has 2 aromatic carbocycles. The minimum Gasteiger partial charge on any atom is -0.468 e. The van der Waals surface area contributed by atoms with Gasteiger partial charge in [-0.15, -0.1) is 10.2 Å². The molecule has 8 heteroatoms. The van der Waals surface area contributed by atoms with Gasteiger partial charge in [-0.25, -0.2) is 4.79 Å². The predicted octanol–water partition coefficient (Wildman–Crippen LogP) is 3.21. The standard InChI is InChI=1S/C26H30N6O2/c1-34-26(33)25(20-6-3-2-4-7-20)31-14-12-30(13-15-31)11-5-8-21-17-27-24-10-9-22(16-23(21)24)32-18-28-29-19-32/h2-4,6-7,9-10,16-19,25,27H,5,8,11-15H2,1H3/t25-/m0/s1. The molecule has 4 aromatic rings. The second-order valence-corrected chi connectivity index (χ2v) is 8.73. The normalized spacial score (nSPS) is 16.0. The number of nitrogens with one attached hydrogen (secondary N) is 1. The molecule has 0 bridgehead atoms. The van der Waals surface area contributed by atoms with Gasteiger partial charge in [0, 0.05) is 49.0 Å². The van der Waals surface area contributed by atoms with Crippen LogP contribution >= 0.6 is 0 Å². The summed E-state index contributed by atoms with van der Waals surface area (Å²) in [5.74, 6) is -0.190. The van der Waals surface area contributed by atoms with E-state index in [1.165, 1.54) is 18.1 Å². The average molecular weight is 459 g/mol. The van der Waals surface area contributed by atoms with E-state index < -0.39 is 0 Å². The number of hydrogen-bond acceptors (Lipinski definition) is 6. The molecule has 1 aliphatic rings. The number of aromatic nitrogens is 4. The highest BCUT2D eigenvalue weighted by Crippen LogP contribution is 2.25. The van der Waals surface area contributed by atoms with Crippen LogP contribution in [0.3, 0.4) is 0 Å². The zero-order chi connectivity index (χ0) is 23.3. The third kappa shape index (κ3) is 4.73. The van der Waals surface area contributed by atoms with E-state index >= 15 is 0 Å². The fraction of sp³-hybridized carbons (Fsp3) is 0.346. The Morgan fingerprint density at radius 2 is 1.82 bits per heavy atom.